The van der Waals surface area contributed by atoms with Gasteiger partial charge >= 0.3 is 0 Å². The highest BCUT2D eigenvalue weighted by atomic mass is 16.3. The van der Waals surface area contributed by atoms with Crippen LogP contribution in [0, 0.1) is 11.8 Å². The molecule has 3 atom stereocenters. The Labute approximate surface area is 115 Å². The standard InChI is InChI=1S/C17H24O2/c1-4-5-13-8-11(2)9-16(13)14-6-7-17(19)15(10-14)12(3)18/h6-7,10-11,13,16,19H,4-5,8-9H2,1-3H3. The number of hydrogen-bond acceptors (Lipinski definition) is 2. The molecule has 1 fully saturated rings. The normalized spacial score (nSPS) is 26.6. The Hall–Kier alpha value is -1.31. The molecule has 0 heterocycles. The summed E-state index contributed by atoms with van der Waals surface area (Å²) in [6.07, 6.45) is 4.96. The molecule has 0 aromatic heterocycles. The van der Waals surface area contributed by atoms with Gasteiger partial charge in [0.2, 0.25) is 0 Å². The number of Topliss-reactive ketones (excluding diaryl/α,β-unsaturated/α-hetero) is 1. The highest BCUT2D eigenvalue weighted by Crippen LogP contribution is 2.45. The van der Waals surface area contributed by atoms with Crippen LogP contribution in [0.4, 0.5) is 0 Å². The summed E-state index contributed by atoms with van der Waals surface area (Å²) >= 11 is 0. The van der Waals surface area contributed by atoms with Crippen molar-refractivity contribution in [2.45, 2.75) is 52.4 Å². The quantitative estimate of drug-likeness (QED) is 0.808. The van der Waals surface area contributed by atoms with Crippen molar-refractivity contribution in [3.05, 3.63) is 29.3 Å². The van der Waals surface area contributed by atoms with Crippen LogP contribution in [0.2, 0.25) is 0 Å². The molecule has 104 valence electrons. The minimum Gasteiger partial charge on any atom is -0.507 e. The zero-order valence-corrected chi connectivity index (χ0v) is 12.1. The third-order valence-electron chi connectivity index (χ3n) is 4.42. The molecule has 1 aliphatic carbocycles. The summed E-state index contributed by atoms with van der Waals surface area (Å²) in [5.41, 5.74) is 1.69. The predicted octanol–water partition coefficient (Wildman–Crippen LogP) is 4.52. The number of aromatic hydroxyl groups is 1. The van der Waals surface area contributed by atoms with Gasteiger partial charge in [-0.05, 0) is 55.2 Å². The van der Waals surface area contributed by atoms with E-state index in [-0.39, 0.29) is 11.5 Å². The molecule has 2 heteroatoms. The molecule has 1 aromatic rings. The molecule has 0 amide bonds. The van der Waals surface area contributed by atoms with Gasteiger partial charge in [-0.1, -0.05) is 32.8 Å². The minimum absolute atomic E-state index is 0.0579. The number of benzene rings is 1. The summed E-state index contributed by atoms with van der Waals surface area (Å²) in [7, 11) is 0. The smallest absolute Gasteiger partial charge is 0.163 e. The maximum atomic E-state index is 11.5. The molecular formula is C17H24O2. The van der Waals surface area contributed by atoms with Gasteiger partial charge in [0.1, 0.15) is 5.75 Å². The molecule has 2 nitrogen and oxygen atoms in total. The fraction of sp³-hybridized carbons (Fsp3) is 0.588. The van der Waals surface area contributed by atoms with Gasteiger partial charge in [0, 0.05) is 0 Å². The number of hydrogen-bond donors (Lipinski definition) is 1. The van der Waals surface area contributed by atoms with E-state index in [9.17, 15) is 9.90 Å². The molecule has 1 N–H and O–H groups in total. The van der Waals surface area contributed by atoms with Gasteiger partial charge in [0.25, 0.3) is 0 Å². The van der Waals surface area contributed by atoms with Gasteiger partial charge in [-0.15, -0.1) is 0 Å². The second-order valence-corrected chi connectivity index (χ2v) is 6.06. The average Bonchev–Trinajstić information content (AvgIpc) is 2.71. The van der Waals surface area contributed by atoms with Crippen LogP contribution in [-0.4, -0.2) is 10.9 Å². The van der Waals surface area contributed by atoms with Crippen LogP contribution in [-0.2, 0) is 0 Å². The van der Waals surface area contributed by atoms with Gasteiger partial charge in [-0.3, -0.25) is 4.79 Å². The number of carbonyl (C=O) groups is 1. The Morgan fingerprint density at radius 3 is 2.74 bits per heavy atom. The van der Waals surface area contributed by atoms with E-state index in [0.29, 0.717) is 11.5 Å². The van der Waals surface area contributed by atoms with Gasteiger partial charge in [0.15, 0.2) is 5.78 Å². The van der Waals surface area contributed by atoms with E-state index in [1.54, 1.807) is 6.07 Å². The van der Waals surface area contributed by atoms with Crippen molar-refractivity contribution in [1.82, 2.24) is 0 Å². The first-order valence-electron chi connectivity index (χ1n) is 7.36. The monoisotopic (exact) mass is 260 g/mol. The zero-order chi connectivity index (χ0) is 14.0. The van der Waals surface area contributed by atoms with Crippen LogP contribution in [0.15, 0.2) is 18.2 Å². The molecule has 3 unspecified atom stereocenters. The topological polar surface area (TPSA) is 37.3 Å². The van der Waals surface area contributed by atoms with Crippen molar-refractivity contribution in [1.29, 1.82) is 0 Å². The van der Waals surface area contributed by atoms with Crippen molar-refractivity contribution in [3.8, 4) is 5.75 Å². The van der Waals surface area contributed by atoms with E-state index >= 15 is 0 Å². The van der Waals surface area contributed by atoms with E-state index in [1.807, 2.05) is 12.1 Å². The molecule has 1 aromatic carbocycles. The Morgan fingerprint density at radius 1 is 1.37 bits per heavy atom. The Bertz CT molecular complexity index is 464. The third-order valence-corrected chi connectivity index (χ3v) is 4.42. The number of phenols is 1. The molecule has 0 spiro atoms. The molecule has 0 saturated heterocycles. The van der Waals surface area contributed by atoms with E-state index in [2.05, 4.69) is 13.8 Å². The molecule has 2 rings (SSSR count). The van der Waals surface area contributed by atoms with Crippen LogP contribution in [0.5, 0.6) is 5.75 Å². The molecule has 1 aliphatic rings. The second-order valence-electron chi connectivity index (χ2n) is 6.06. The highest BCUT2D eigenvalue weighted by molar-refractivity contribution is 5.96. The SMILES string of the molecule is CCCC1CC(C)CC1c1ccc(O)c(C(C)=O)c1. The second kappa shape index (κ2) is 5.77. The maximum absolute atomic E-state index is 11.5. The lowest BCUT2D eigenvalue weighted by atomic mass is 9.85. The van der Waals surface area contributed by atoms with E-state index in [0.717, 1.165) is 11.8 Å². The molecule has 0 bridgehead atoms. The molecular weight excluding hydrogens is 236 g/mol. The minimum atomic E-state index is -0.0579. The number of carbonyl (C=O) groups excluding carboxylic acids is 1. The summed E-state index contributed by atoms with van der Waals surface area (Å²) in [5.74, 6) is 2.08. The van der Waals surface area contributed by atoms with E-state index in [4.69, 9.17) is 0 Å². The van der Waals surface area contributed by atoms with Crippen molar-refractivity contribution in [2.24, 2.45) is 11.8 Å². The van der Waals surface area contributed by atoms with Crippen LogP contribution in [0.3, 0.4) is 0 Å². The predicted molar refractivity (Wildman–Crippen MR) is 77.6 cm³/mol. The van der Waals surface area contributed by atoms with Gasteiger partial charge in [0.05, 0.1) is 5.56 Å². The van der Waals surface area contributed by atoms with Crippen LogP contribution >= 0.6 is 0 Å². The Balaban J connectivity index is 2.30. The summed E-state index contributed by atoms with van der Waals surface area (Å²) in [5, 5.41) is 9.75. The van der Waals surface area contributed by atoms with Crippen LogP contribution in [0.1, 0.15) is 68.3 Å². The first-order chi connectivity index (χ1) is 9.02. The van der Waals surface area contributed by atoms with Gasteiger partial charge in [-0.25, -0.2) is 0 Å². The van der Waals surface area contributed by atoms with Gasteiger partial charge in [-0.2, -0.15) is 0 Å². The lowest BCUT2D eigenvalue weighted by Crippen LogP contribution is -2.07. The van der Waals surface area contributed by atoms with Crippen LogP contribution in [0.25, 0.3) is 0 Å². The first-order valence-corrected chi connectivity index (χ1v) is 7.36. The largest absolute Gasteiger partial charge is 0.507 e. The number of rotatable bonds is 4. The molecule has 19 heavy (non-hydrogen) atoms. The Kier molecular flexibility index (Phi) is 4.28. The van der Waals surface area contributed by atoms with Crippen molar-refractivity contribution in [3.63, 3.8) is 0 Å². The fourth-order valence-corrected chi connectivity index (χ4v) is 3.57. The van der Waals surface area contributed by atoms with Crippen molar-refractivity contribution < 1.29 is 9.90 Å². The molecule has 0 aliphatic heterocycles. The first kappa shape index (κ1) is 14.1. The lowest BCUT2D eigenvalue weighted by Gasteiger charge is -2.20. The molecule has 0 radical (unpaired) electrons. The van der Waals surface area contributed by atoms with E-state index < -0.39 is 0 Å². The summed E-state index contributed by atoms with van der Waals surface area (Å²) in [4.78, 5) is 11.5. The maximum Gasteiger partial charge on any atom is 0.163 e. The average molecular weight is 260 g/mol. The fourth-order valence-electron chi connectivity index (χ4n) is 3.57. The van der Waals surface area contributed by atoms with Crippen molar-refractivity contribution in [2.75, 3.05) is 0 Å². The third kappa shape index (κ3) is 2.99. The van der Waals surface area contributed by atoms with Crippen LogP contribution < -0.4 is 0 Å². The summed E-state index contributed by atoms with van der Waals surface area (Å²) < 4.78 is 0. The Morgan fingerprint density at radius 2 is 2.11 bits per heavy atom. The highest BCUT2D eigenvalue weighted by Gasteiger charge is 2.32. The number of ketones is 1. The summed E-state index contributed by atoms with van der Waals surface area (Å²) in [6, 6.07) is 5.58. The lowest BCUT2D eigenvalue weighted by molar-refractivity contribution is 0.101. The zero-order valence-electron chi connectivity index (χ0n) is 12.1. The summed E-state index contributed by atoms with van der Waals surface area (Å²) in [6.45, 7) is 6.06. The van der Waals surface area contributed by atoms with E-state index in [1.165, 1.54) is 38.2 Å². The van der Waals surface area contributed by atoms with Gasteiger partial charge < -0.3 is 5.11 Å². The van der Waals surface area contributed by atoms with Crippen molar-refractivity contribution >= 4 is 5.78 Å². The molecule has 1 saturated carbocycles. The number of phenolic OH excluding ortho intramolecular Hbond substituents is 1.